The molecule has 0 heterocycles. The van der Waals surface area contributed by atoms with Crippen molar-refractivity contribution in [2.24, 2.45) is 29.1 Å². The summed E-state index contributed by atoms with van der Waals surface area (Å²) in [5.41, 5.74) is 4.51. The summed E-state index contributed by atoms with van der Waals surface area (Å²) in [6.07, 6.45) is 17.7. The van der Waals surface area contributed by atoms with Crippen molar-refractivity contribution < 1.29 is 4.79 Å². The van der Waals surface area contributed by atoms with Crippen molar-refractivity contribution >= 4 is 5.78 Å². The van der Waals surface area contributed by atoms with Gasteiger partial charge >= 0.3 is 0 Å². The maximum absolute atomic E-state index is 11.8. The molecule has 0 spiro atoms. The van der Waals surface area contributed by atoms with Gasteiger partial charge in [0.15, 0.2) is 0 Å². The van der Waals surface area contributed by atoms with Crippen LogP contribution in [-0.2, 0) is 4.79 Å². The first-order valence-electron chi connectivity index (χ1n) is 11.9. The van der Waals surface area contributed by atoms with E-state index in [0.717, 1.165) is 30.1 Å². The Morgan fingerprint density at radius 2 is 1.89 bits per heavy atom. The first-order valence-corrected chi connectivity index (χ1v) is 11.9. The zero-order valence-electron chi connectivity index (χ0n) is 18.9. The smallest absolute Gasteiger partial charge is 0.137 e. The quantitative estimate of drug-likeness (QED) is 0.457. The van der Waals surface area contributed by atoms with Gasteiger partial charge in [-0.1, -0.05) is 76.8 Å². The van der Waals surface area contributed by atoms with E-state index in [2.05, 4.69) is 46.4 Å². The Labute approximate surface area is 173 Å². The predicted octanol–water partition coefficient (Wildman–Crippen LogP) is 7.83. The van der Waals surface area contributed by atoms with Crippen LogP contribution in [0.4, 0.5) is 0 Å². The minimum absolute atomic E-state index is 0.377. The average Bonchev–Trinajstić information content (AvgIpc) is 2.99. The third-order valence-corrected chi connectivity index (χ3v) is 8.21. The summed E-state index contributed by atoms with van der Waals surface area (Å²) in [4.78, 5) is 11.8. The van der Waals surface area contributed by atoms with Gasteiger partial charge in [-0.2, -0.15) is 0 Å². The summed E-state index contributed by atoms with van der Waals surface area (Å²) in [6, 6.07) is 0. The molecule has 0 bridgehead atoms. The van der Waals surface area contributed by atoms with Crippen LogP contribution in [0.2, 0.25) is 0 Å². The van der Waals surface area contributed by atoms with E-state index in [9.17, 15) is 4.79 Å². The van der Waals surface area contributed by atoms with Crippen molar-refractivity contribution in [2.75, 3.05) is 0 Å². The molecule has 0 unspecified atom stereocenters. The Bertz CT molecular complexity index is 649. The van der Waals surface area contributed by atoms with Crippen molar-refractivity contribution in [1.29, 1.82) is 0 Å². The van der Waals surface area contributed by atoms with Gasteiger partial charge in [-0.05, 0) is 73.2 Å². The molecule has 0 aliphatic heterocycles. The van der Waals surface area contributed by atoms with Gasteiger partial charge in [0.2, 0.25) is 0 Å². The van der Waals surface area contributed by atoms with Crippen LogP contribution in [0.3, 0.4) is 0 Å². The Balaban J connectivity index is 1.70. The zero-order chi connectivity index (χ0) is 20.3. The van der Waals surface area contributed by atoms with Crippen LogP contribution in [0.1, 0.15) is 98.3 Å². The van der Waals surface area contributed by atoms with E-state index in [1.54, 1.807) is 5.57 Å². The van der Waals surface area contributed by atoms with Gasteiger partial charge in [-0.25, -0.2) is 0 Å². The van der Waals surface area contributed by atoms with Gasteiger partial charge in [-0.3, -0.25) is 4.79 Å². The maximum atomic E-state index is 11.8. The lowest BCUT2D eigenvalue weighted by Crippen LogP contribution is -2.36. The number of fused-ring (bicyclic) bond motifs is 1. The molecule has 0 radical (unpaired) electrons. The van der Waals surface area contributed by atoms with Gasteiger partial charge in [0.25, 0.3) is 0 Å². The fraction of sp³-hybridized carbons (Fsp3) is 0.741. The number of rotatable bonds is 6. The van der Waals surface area contributed by atoms with Crippen molar-refractivity contribution in [3.05, 3.63) is 35.5 Å². The molecule has 156 valence electrons. The molecule has 3 saturated carbocycles. The van der Waals surface area contributed by atoms with Gasteiger partial charge in [0.05, 0.1) is 0 Å². The lowest BCUT2D eigenvalue weighted by molar-refractivity contribution is -0.118. The summed E-state index contributed by atoms with van der Waals surface area (Å²) < 4.78 is 0. The summed E-state index contributed by atoms with van der Waals surface area (Å²) in [7, 11) is 0. The fourth-order valence-corrected chi connectivity index (χ4v) is 6.52. The molecule has 0 aromatic carbocycles. The average molecular weight is 383 g/mol. The highest BCUT2D eigenvalue weighted by Gasteiger charge is 2.50. The molecular weight excluding hydrogens is 340 g/mol. The monoisotopic (exact) mass is 382 g/mol. The van der Waals surface area contributed by atoms with Crippen LogP contribution in [0, 0.1) is 29.1 Å². The normalized spacial score (nSPS) is 35.0. The number of allylic oxidation sites excluding steroid dienone is 5. The first-order chi connectivity index (χ1) is 13.3. The summed E-state index contributed by atoms with van der Waals surface area (Å²) in [5.74, 6) is 3.69. The standard InChI is InChI=1S/C27H42O/c1-19(2)8-6-9-21(4)25-15-16-26-22(10-7-17-27(25,26)5)12-13-23-18-24(28)14-11-20(23)3/h12-13,19,21,25-26H,3,6-11,14-18H2,1-2,4-5H3/b22-12+,23-13-/t21-,25-,26+,27-/m1/s1. The van der Waals surface area contributed by atoms with Crippen LogP contribution in [-0.4, -0.2) is 5.78 Å². The van der Waals surface area contributed by atoms with Crippen molar-refractivity contribution in [3.8, 4) is 0 Å². The summed E-state index contributed by atoms with van der Waals surface area (Å²) >= 11 is 0. The Morgan fingerprint density at radius 1 is 1.11 bits per heavy atom. The highest BCUT2D eigenvalue weighted by atomic mass is 16.1. The van der Waals surface area contributed by atoms with Crippen LogP contribution >= 0.6 is 0 Å². The van der Waals surface area contributed by atoms with E-state index in [1.165, 1.54) is 62.5 Å². The van der Waals surface area contributed by atoms with Crippen molar-refractivity contribution in [3.63, 3.8) is 0 Å². The highest BCUT2D eigenvalue weighted by molar-refractivity contribution is 5.84. The van der Waals surface area contributed by atoms with Gasteiger partial charge in [-0.15, -0.1) is 0 Å². The second kappa shape index (κ2) is 9.14. The molecule has 28 heavy (non-hydrogen) atoms. The van der Waals surface area contributed by atoms with Crippen LogP contribution in [0.15, 0.2) is 35.5 Å². The number of hydrogen-bond acceptors (Lipinski definition) is 1. The molecule has 0 aromatic heterocycles. The molecule has 0 amide bonds. The molecule has 0 saturated heterocycles. The third-order valence-electron chi connectivity index (χ3n) is 8.21. The number of carbonyl (C=O) groups excluding carboxylic acids is 1. The summed E-state index contributed by atoms with van der Waals surface area (Å²) in [6.45, 7) is 14.0. The fourth-order valence-electron chi connectivity index (χ4n) is 6.52. The minimum atomic E-state index is 0.377. The maximum Gasteiger partial charge on any atom is 0.137 e. The molecule has 3 rings (SSSR count). The second-order valence-corrected chi connectivity index (χ2v) is 10.7. The van der Waals surface area contributed by atoms with E-state index in [0.29, 0.717) is 24.0 Å². The number of ketones is 1. The topological polar surface area (TPSA) is 17.1 Å². The van der Waals surface area contributed by atoms with E-state index >= 15 is 0 Å². The largest absolute Gasteiger partial charge is 0.299 e. The molecule has 3 aliphatic carbocycles. The van der Waals surface area contributed by atoms with E-state index in [1.807, 2.05) is 0 Å². The molecule has 0 N–H and O–H groups in total. The molecule has 0 aromatic rings. The van der Waals surface area contributed by atoms with Gasteiger partial charge in [0, 0.05) is 12.8 Å². The summed E-state index contributed by atoms with van der Waals surface area (Å²) in [5, 5.41) is 0. The van der Waals surface area contributed by atoms with Crippen LogP contribution < -0.4 is 0 Å². The SMILES string of the molecule is C=C1CCC(=O)C/C1=C/C=C1\CCC[C@]2(C)[C@@H]([C@H](C)CCCC(C)C)CC[C@@H]12. The molecule has 3 aliphatic rings. The zero-order valence-corrected chi connectivity index (χ0v) is 18.9. The third kappa shape index (κ3) is 4.71. The van der Waals surface area contributed by atoms with E-state index in [-0.39, 0.29) is 0 Å². The molecule has 4 atom stereocenters. The number of hydrogen-bond donors (Lipinski definition) is 0. The molecule has 3 fully saturated rings. The first kappa shape index (κ1) is 21.6. The van der Waals surface area contributed by atoms with Gasteiger partial charge in [0.1, 0.15) is 5.78 Å². The predicted molar refractivity (Wildman–Crippen MR) is 120 cm³/mol. The highest BCUT2D eigenvalue weighted by Crippen LogP contribution is 2.59. The lowest BCUT2D eigenvalue weighted by atomic mass is 9.60. The Hall–Kier alpha value is -1.11. The van der Waals surface area contributed by atoms with Crippen molar-refractivity contribution in [1.82, 2.24) is 0 Å². The minimum Gasteiger partial charge on any atom is -0.299 e. The van der Waals surface area contributed by atoms with E-state index in [4.69, 9.17) is 0 Å². The molecule has 1 nitrogen and oxygen atoms in total. The van der Waals surface area contributed by atoms with Gasteiger partial charge < -0.3 is 0 Å². The number of carbonyl (C=O) groups is 1. The molecule has 1 heteroatoms. The Kier molecular flexibility index (Phi) is 7.05. The van der Waals surface area contributed by atoms with E-state index < -0.39 is 0 Å². The number of Topliss-reactive ketones (excluding diaryl/α,β-unsaturated/α-hetero) is 1. The second-order valence-electron chi connectivity index (χ2n) is 10.7. The molecular formula is C27H42O. The van der Waals surface area contributed by atoms with Crippen LogP contribution in [0.5, 0.6) is 0 Å². The lowest BCUT2D eigenvalue weighted by Gasteiger charge is -2.44. The Morgan fingerprint density at radius 3 is 2.64 bits per heavy atom. The van der Waals surface area contributed by atoms with Crippen LogP contribution in [0.25, 0.3) is 0 Å². The van der Waals surface area contributed by atoms with Crippen molar-refractivity contribution in [2.45, 2.75) is 98.3 Å².